The molecule has 0 atom stereocenters. The first-order valence-electron chi connectivity index (χ1n) is 9.70. The fourth-order valence-corrected chi connectivity index (χ4v) is 4.36. The van der Waals surface area contributed by atoms with E-state index in [1.165, 1.54) is 17.7 Å². The Bertz CT molecular complexity index is 917. The van der Waals surface area contributed by atoms with Gasteiger partial charge in [0.15, 0.2) is 11.5 Å². The van der Waals surface area contributed by atoms with Crippen LogP contribution in [0, 0.1) is 0 Å². The summed E-state index contributed by atoms with van der Waals surface area (Å²) in [6.07, 6.45) is 10.6. The van der Waals surface area contributed by atoms with Gasteiger partial charge in [0.05, 0.1) is 5.69 Å². The minimum absolute atomic E-state index is 0.460. The summed E-state index contributed by atoms with van der Waals surface area (Å²) in [7, 11) is 2.06. The van der Waals surface area contributed by atoms with Crippen LogP contribution < -0.4 is 0 Å². The van der Waals surface area contributed by atoms with E-state index in [1.807, 2.05) is 16.9 Å². The first-order chi connectivity index (χ1) is 12.8. The van der Waals surface area contributed by atoms with Gasteiger partial charge < -0.3 is 9.47 Å². The van der Waals surface area contributed by atoms with Crippen LogP contribution in [0.1, 0.15) is 48.1 Å². The van der Waals surface area contributed by atoms with Gasteiger partial charge in [0, 0.05) is 38.3 Å². The van der Waals surface area contributed by atoms with Crippen LogP contribution in [0.4, 0.5) is 0 Å². The molecular formula is C19H25N7. The molecule has 3 aromatic rings. The summed E-state index contributed by atoms with van der Waals surface area (Å²) in [5.41, 5.74) is 3.52. The molecule has 1 aliphatic heterocycles. The van der Waals surface area contributed by atoms with Crippen molar-refractivity contribution in [1.29, 1.82) is 0 Å². The van der Waals surface area contributed by atoms with Crippen molar-refractivity contribution in [3.05, 3.63) is 41.4 Å². The molecule has 7 nitrogen and oxygen atoms in total. The highest BCUT2D eigenvalue weighted by atomic mass is 15.4. The zero-order chi connectivity index (χ0) is 17.5. The Kier molecular flexibility index (Phi) is 3.96. The lowest BCUT2D eigenvalue weighted by molar-refractivity contribution is 0.209. The highest BCUT2D eigenvalue weighted by Gasteiger charge is 2.26. The Balaban J connectivity index is 1.25. The molecule has 0 radical (unpaired) electrons. The minimum Gasteiger partial charge on any atom is -0.338 e. The highest BCUT2D eigenvalue weighted by molar-refractivity contribution is 5.43. The molecule has 1 aliphatic carbocycles. The zero-order valence-electron chi connectivity index (χ0n) is 15.3. The molecule has 3 aromatic heterocycles. The monoisotopic (exact) mass is 351 g/mol. The van der Waals surface area contributed by atoms with Gasteiger partial charge in [-0.3, -0.25) is 0 Å². The van der Waals surface area contributed by atoms with Gasteiger partial charge in [-0.1, -0.05) is 0 Å². The standard InChI is InChI=1S/C19H25N7/c1-24-12-8-20-17(24)7-11-25-9-5-14(6-10-25)19-22-21-18-13-15-3-2-4-16(15)23-26(18)19/h8,12-14H,2-7,9-11H2,1H3. The number of aryl methyl sites for hydroxylation is 3. The third kappa shape index (κ3) is 2.80. The van der Waals surface area contributed by atoms with Crippen molar-refractivity contribution in [2.75, 3.05) is 19.6 Å². The molecule has 0 unspecified atom stereocenters. The normalized spacial score (nSPS) is 18.7. The van der Waals surface area contributed by atoms with Crippen LogP contribution in [-0.2, 0) is 26.3 Å². The van der Waals surface area contributed by atoms with E-state index < -0.39 is 0 Å². The van der Waals surface area contributed by atoms with Gasteiger partial charge in [0.1, 0.15) is 5.82 Å². The summed E-state index contributed by atoms with van der Waals surface area (Å²) >= 11 is 0. The van der Waals surface area contributed by atoms with Gasteiger partial charge in [0.2, 0.25) is 0 Å². The first kappa shape index (κ1) is 15.9. The third-order valence-corrected chi connectivity index (χ3v) is 5.97. The van der Waals surface area contributed by atoms with E-state index in [1.54, 1.807) is 0 Å². The lowest BCUT2D eigenvalue weighted by atomic mass is 9.96. The van der Waals surface area contributed by atoms with Crippen LogP contribution in [0.5, 0.6) is 0 Å². The number of likely N-dealkylation sites (tertiary alicyclic amines) is 1. The summed E-state index contributed by atoms with van der Waals surface area (Å²) < 4.78 is 4.12. The van der Waals surface area contributed by atoms with Crippen molar-refractivity contribution in [3.8, 4) is 0 Å². The molecule has 0 spiro atoms. The van der Waals surface area contributed by atoms with E-state index in [0.717, 1.165) is 69.0 Å². The molecule has 0 N–H and O–H groups in total. The number of fused-ring (bicyclic) bond motifs is 2. The number of rotatable bonds is 4. The molecule has 1 saturated heterocycles. The Hall–Kier alpha value is -2.28. The topological polar surface area (TPSA) is 64.1 Å². The number of aromatic nitrogens is 6. The van der Waals surface area contributed by atoms with Crippen LogP contribution in [0.3, 0.4) is 0 Å². The molecule has 2 aliphatic rings. The van der Waals surface area contributed by atoms with Gasteiger partial charge in [-0.15, -0.1) is 10.2 Å². The van der Waals surface area contributed by atoms with Crippen molar-refractivity contribution < 1.29 is 0 Å². The van der Waals surface area contributed by atoms with E-state index in [-0.39, 0.29) is 0 Å². The van der Waals surface area contributed by atoms with Crippen LogP contribution in [0.15, 0.2) is 18.5 Å². The highest BCUT2D eigenvalue weighted by Crippen LogP contribution is 2.28. The Labute approximate surface area is 153 Å². The summed E-state index contributed by atoms with van der Waals surface area (Å²) in [5.74, 6) is 2.67. The van der Waals surface area contributed by atoms with Crippen LogP contribution in [0.2, 0.25) is 0 Å². The van der Waals surface area contributed by atoms with E-state index >= 15 is 0 Å². The Morgan fingerprint density at radius 1 is 1.15 bits per heavy atom. The second-order valence-electron chi connectivity index (χ2n) is 7.62. The van der Waals surface area contributed by atoms with Crippen molar-refractivity contribution in [2.45, 2.75) is 44.4 Å². The number of hydrogen-bond acceptors (Lipinski definition) is 5. The van der Waals surface area contributed by atoms with Crippen LogP contribution in [-0.4, -0.2) is 53.9 Å². The van der Waals surface area contributed by atoms with Crippen molar-refractivity contribution in [2.24, 2.45) is 7.05 Å². The number of imidazole rings is 1. The fourth-order valence-electron chi connectivity index (χ4n) is 4.36. The summed E-state index contributed by atoms with van der Waals surface area (Å²) in [6, 6.07) is 2.19. The average Bonchev–Trinajstić information content (AvgIpc) is 3.38. The van der Waals surface area contributed by atoms with E-state index in [9.17, 15) is 0 Å². The molecule has 0 aromatic carbocycles. The zero-order valence-corrected chi connectivity index (χ0v) is 15.3. The SMILES string of the molecule is Cn1ccnc1CCN1CCC(c2nnc3cc4c(nn23)CCC4)CC1. The first-order valence-corrected chi connectivity index (χ1v) is 9.70. The van der Waals surface area contributed by atoms with Crippen molar-refractivity contribution in [3.63, 3.8) is 0 Å². The molecule has 0 amide bonds. The second-order valence-corrected chi connectivity index (χ2v) is 7.62. The predicted octanol–water partition coefficient (Wildman–Crippen LogP) is 1.77. The Morgan fingerprint density at radius 3 is 2.85 bits per heavy atom. The summed E-state index contributed by atoms with van der Waals surface area (Å²) in [5, 5.41) is 13.8. The van der Waals surface area contributed by atoms with Crippen molar-refractivity contribution in [1.82, 2.24) is 34.3 Å². The van der Waals surface area contributed by atoms with Gasteiger partial charge >= 0.3 is 0 Å². The maximum absolute atomic E-state index is 4.86. The molecule has 0 saturated carbocycles. The molecule has 7 heteroatoms. The van der Waals surface area contributed by atoms with Crippen molar-refractivity contribution >= 4 is 5.65 Å². The lowest BCUT2D eigenvalue weighted by Gasteiger charge is -2.30. The predicted molar refractivity (Wildman–Crippen MR) is 98.1 cm³/mol. The quantitative estimate of drug-likeness (QED) is 0.717. The molecule has 26 heavy (non-hydrogen) atoms. The summed E-state index contributed by atoms with van der Waals surface area (Å²) in [4.78, 5) is 6.97. The number of nitrogens with zero attached hydrogens (tertiary/aromatic N) is 7. The van der Waals surface area contributed by atoms with Gasteiger partial charge in [-0.25, -0.2) is 4.98 Å². The molecule has 5 rings (SSSR count). The van der Waals surface area contributed by atoms with Gasteiger partial charge in [-0.2, -0.15) is 9.61 Å². The smallest absolute Gasteiger partial charge is 0.178 e. The molecule has 1 fully saturated rings. The molecule has 4 heterocycles. The van der Waals surface area contributed by atoms with Crippen LogP contribution >= 0.6 is 0 Å². The maximum atomic E-state index is 4.86. The minimum atomic E-state index is 0.460. The fraction of sp³-hybridized carbons (Fsp3) is 0.579. The van der Waals surface area contributed by atoms with E-state index in [4.69, 9.17) is 5.10 Å². The van der Waals surface area contributed by atoms with Crippen LogP contribution in [0.25, 0.3) is 5.65 Å². The molecule has 0 bridgehead atoms. The van der Waals surface area contributed by atoms with Gasteiger partial charge in [0.25, 0.3) is 0 Å². The number of piperidine rings is 1. The van der Waals surface area contributed by atoms with E-state index in [2.05, 4.69) is 37.8 Å². The van der Waals surface area contributed by atoms with E-state index in [0.29, 0.717) is 5.92 Å². The third-order valence-electron chi connectivity index (χ3n) is 5.97. The summed E-state index contributed by atoms with van der Waals surface area (Å²) in [6.45, 7) is 3.29. The van der Waals surface area contributed by atoms with Gasteiger partial charge in [-0.05, 0) is 56.8 Å². The molecule has 136 valence electrons. The molecular weight excluding hydrogens is 326 g/mol. The maximum Gasteiger partial charge on any atom is 0.178 e. The number of hydrogen-bond donors (Lipinski definition) is 0. The average molecular weight is 351 g/mol. The largest absolute Gasteiger partial charge is 0.338 e. The Morgan fingerprint density at radius 2 is 2.04 bits per heavy atom. The second kappa shape index (κ2) is 6.46. The lowest BCUT2D eigenvalue weighted by Crippen LogP contribution is -2.35.